The second-order valence-corrected chi connectivity index (χ2v) is 12.5. The smallest absolute Gasteiger partial charge is 0.306 e. The first-order chi connectivity index (χ1) is 18.1. The number of carbonyl (C=O) groups is 1. The predicted octanol–water partition coefficient (Wildman–Crippen LogP) is 4.77. The van der Waals surface area contributed by atoms with Crippen molar-refractivity contribution in [2.24, 2.45) is 5.92 Å². The predicted molar refractivity (Wildman–Crippen MR) is 146 cm³/mol. The summed E-state index contributed by atoms with van der Waals surface area (Å²) in [5, 5.41) is 12.9. The van der Waals surface area contributed by atoms with Crippen molar-refractivity contribution in [3.8, 4) is 11.5 Å². The molecule has 7 nitrogen and oxygen atoms in total. The number of aryl methyl sites for hydroxylation is 1. The van der Waals surface area contributed by atoms with Crippen LogP contribution in [0.4, 0.5) is 5.69 Å². The van der Waals surface area contributed by atoms with E-state index in [1.165, 1.54) is 11.1 Å². The van der Waals surface area contributed by atoms with E-state index >= 15 is 0 Å². The molecule has 2 aliphatic heterocycles. The number of benzene rings is 2. The first-order valence-electron chi connectivity index (χ1n) is 14.0. The number of anilines is 1. The van der Waals surface area contributed by atoms with Gasteiger partial charge >= 0.3 is 5.97 Å². The van der Waals surface area contributed by atoms with E-state index in [4.69, 9.17) is 14.3 Å². The number of hydroxylamine groups is 1. The summed E-state index contributed by atoms with van der Waals surface area (Å²) in [6.07, 6.45) is 4.77. The van der Waals surface area contributed by atoms with Crippen LogP contribution in [0.25, 0.3) is 0 Å². The van der Waals surface area contributed by atoms with Crippen molar-refractivity contribution < 1.29 is 24.2 Å². The van der Waals surface area contributed by atoms with E-state index in [1.807, 2.05) is 38.0 Å². The number of likely N-dealkylation sites (tertiary alicyclic amines) is 1. The van der Waals surface area contributed by atoms with Crippen LogP contribution in [-0.2, 0) is 32.6 Å². The Morgan fingerprint density at radius 3 is 2.76 bits per heavy atom. The highest BCUT2D eigenvalue weighted by atomic mass is 16.7. The van der Waals surface area contributed by atoms with Crippen LogP contribution in [0.1, 0.15) is 63.1 Å². The number of piperidine rings is 1. The number of phenols is 1. The number of esters is 1. The van der Waals surface area contributed by atoms with Crippen molar-refractivity contribution in [2.45, 2.75) is 88.5 Å². The maximum absolute atomic E-state index is 12.5. The van der Waals surface area contributed by atoms with Crippen molar-refractivity contribution in [1.82, 2.24) is 4.90 Å². The summed E-state index contributed by atoms with van der Waals surface area (Å²) in [6, 6.07) is 12.5. The Labute approximate surface area is 225 Å². The van der Waals surface area contributed by atoms with Gasteiger partial charge in [-0.2, -0.15) is 0 Å². The van der Waals surface area contributed by atoms with Crippen molar-refractivity contribution in [3.05, 3.63) is 53.1 Å². The van der Waals surface area contributed by atoms with Crippen molar-refractivity contribution in [2.75, 3.05) is 25.8 Å². The molecule has 2 aromatic carbocycles. The first-order valence-corrected chi connectivity index (χ1v) is 14.0. The highest BCUT2D eigenvalue weighted by Gasteiger charge is 2.66. The van der Waals surface area contributed by atoms with Crippen molar-refractivity contribution in [3.63, 3.8) is 0 Å². The highest BCUT2D eigenvalue weighted by molar-refractivity contribution is 5.71. The SMILES string of the molecule is CON(c1ccccc1CCC(=O)OC(C)(C)C)[C@H]1CC[C@H]2[C@H]3Cc4ccc(O)c5c4[C@@]2(CCN3C)[C@H]1O5. The van der Waals surface area contributed by atoms with Crippen LogP contribution in [0.5, 0.6) is 11.5 Å². The number of hydrogen-bond donors (Lipinski definition) is 1. The van der Waals surface area contributed by atoms with Gasteiger partial charge in [0.25, 0.3) is 0 Å². The number of hydrogen-bond acceptors (Lipinski definition) is 7. The molecule has 2 aromatic rings. The normalized spacial score (nSPS) is 29.4. The van der Waals surface area contributed by atoms with Gasteiger partial charge in [0.05, 0.1) is 18.8 Å². The fourth-order valence-electron chi connectivity index (χ4n) is 7.93. The fraction of sp³-hybridized carbons (Fsp3) is 0.581. The van der Waals surface area contributed by atoms with Crippen LogP contribution >= 0.6 is 0 Å². The molecule has 0 aromatic heterocycles. The maximum Gasteiger partial charge on any atom is 0.306 e. The molecular formula is C31H40N2O5. The zero-order chi connectivity index (χ0) is 26.8. The van der Waals surface area contributed by atoms with E-state index < -0.39 is 5.60 Å². The molecule has 7 heteroatoms. The summed E-state index contributed by atoms with van der Waals surface area (Å²) in [4.78, 5) is 21.2. The lowest BCUT2D eigenvalue weighted by Crippen LogP contribution is -2.68. The van der Waals surface area contributed by atoms with Crippen molar-refractivity contribution >= 4 is 11.7 Å². The Morgan fingerprint density at radius 2 is 2.00 bits per heavy atom. The minimum Gasteiger partial charge on any atom is -0.504 e. The molecule has 1 N–H and O–H groups in total. The lowest BCUT2D eigenvalue weighted by Gasteiger charge is -2.59. The third-order valence-electron chi connectivity index (χ3n) is 9.31. The number of ether oxygens (including phenoxy) is 2. The fourth-order valence-corrected chi connectivity index (χ4v) is 7.93. The number of para-hydroxylation sites is 1. The average Bonchev–Trinajstić information content (AvgIpc) is 3.23. The molecule has 6 rings (SSSR count). The molecule has 2 bridgehead atoms. The van der Waals surface area contributed by atoms with Gasteiger partial charge in [0.2, 0.25) is 0 Å². The van der Waals surface area contributed by atoms with Crippen LogP contribution in [0.2, 0.25) is 0 Å². The Balaban J connectivity index is 1.35. The molecule has 1 saturated carbocycles. The topological polar surface area (TPSA) is 71.5 Å². The van der Waals surface area contributed by atoms with Gasteiger partial charge in [0.1, 0.15) is 11.7 Å². The van der Waals surface area contributed by atoms with E-state index in [0.29, 0.717) is 30.6 Å². The standard InChI is InChI=1S/C31H40N2O5/c1-30(2,3)38-26(35)15-11-19-8-6-7-9-22(19)33(36-5)23-13-12-21-24-18-20-10-14-25(34)28-27(20)31(21,29(23)37-28)16-17-32(24)4/h6-10,14,21,23-24,29,34H,11-13,15-18H2,1-5H3/t21-,23-,24+,29-,31-/m0/s1. The van der Waals surface area contributed by atoms with Crippen LogP contribution in [0, 0.1) is 5.92 Å². The maximum atomic E-state index is 12.5. The number of aromatic hydroxyl groups is 1. The van der Waals surface area contributed by atoms with E-state index in [9.17, 15) is 9.90 Å². The average molecular weight is 521 g/mol. The molecule has 1 spiro atoms. The second kappa shape index (κ2) is 9.16. The highest BCUT2D eigenvalue weighted by Crippen LogP contribution is 2.64. The Hall–Kier alpha value is -2.77. The zero-order valence-corrected chi connectivity index (χ0v) is 23.2. The van der Waals surface area contributed by atoms with Gasteiger partial charge in [-0.3, -0.25) is 9.63 Å². The quantitative estimate of drug-likeness (QED) is 0.435. The lowest BCUT2D eigenvalue weighted by atomic mass is 9.51. The number of carbonyl (C=O) groups excluding carboxylic acids is 1. The summed E-state index contributed by atoms with van der Waals surface area (Å²) in [5.74, 6) is 1.21. The van der Waals surface area contributed by atoms with E-state index in [-0.39, 0.29) is 29.3 Å². The van der Waals surface area contributed by atoms with Gasteiger partial charge in [0.15, 0.2) is 11.5 Å². The number of phenolic OH excluding ortho intramolecular Hbond substituents is 1. The minimum absolute atomic E-state index is 0.0271. The number of rotatable bonds is 6. The summed E-state index contributed by atoms with van der Waals surface area (Å²) in [7, 11) is 3.97. The van der Waals surface area contributed by atoms with Gasteiger partial charge in [-0.05, 0) is 95.6 Å². The Kier molecular flexibility index (Phi) is 6.15. The van der Waals surface area contributed by atoms with Gasteiger partial charge < -0.3 is 19.5 Å². The van der Waals surface area contributed by atoms with Gasteiger partial charge in [-0.15, -0.1) is 0 Å². The van der Waals surface area contributed by atoms with Crippen molar-refractivity contribution in [1.29, 1.82) is 0 Å². The molecule has 2 fully saturated rings. The largest absolute Gasteiger partial charge is 0.504 e. The van der Waals surface area contributed by atoms with Gasteiger partial charge in [-0.25, -0.2) is 5.06 Å². The second-order valence-electron chi connectivity index (χ2n) is 12.5. The first kappa shape index (κ1) is 25.5. The third kappa shape index (κ3) is 3.89. The molecule has 0 unspecified atom stereocenters. The Morgan fingerprint density at radius 1 is 1.21 bits per heavy atom. The summed E-state index contributed by atoms with van der Waals surface area (Å²) in [5.41, 5.74) is 3.93. The van der Waals surface area contributed by atoms with Gasteiger partial charge in [0, 0.05) is 23.4 Å². The monoisotopic (exact) mass is 520 g/mol. The van der Waals surface area contributed by atoms with Crippen LogP contribution in [-0.4, -0.2) is 60.5 Å². The molecule has 204 valence electrons. The molecular weight excluding hydrogens is 480 g/mol. The summed E-state index contributed by atoms with van der Waals surface area (Å²) >= 11 is 0. The van der Waals surface area contributed by atoms with Crippen LogP contribution < -0.4 is 9.80 Å². The molecule has 38 heavy (non-hydrogen) atoms. The zero-order valence-electron chi connectivity index (χ0n) is 23.2. The van der Waals surface area contributed by atoms with Crippen LogP contribution in [0.15, 0.2) is 36.4 Å². The summed E-state index contributed by atoms with van der Waals surface area (Å²) in [6.45, 7) is 6.69. The number of likely N-dealkylation sites (N-methyl/N-ethyl adjacent to an activating group) is 1. The van der Waals surface area contributed by atoms with E-state index in [0.717, 1.165) is 43.5 Å². The summed E-state index contributed by atoms with van der Waals surface area (Å²) < 4.78 is 12.3. The molecule has 4 aliphatic rings. The molecule has 1 saturated heterocycles. The lowest BCUT2D eigenvalue weighted by molar-refractivity contribution is -0.154. The molecule has 0 radical (unpaired) electrons. The number of nitrogens with zero attached hydrogens (tertiary/aromatic N) is 2. The Bertz CT molecular complexity index is 1240. The van der Waals surface area contributed by atoms with E-state index in [1.54, 1.807) is 13.2 Å². The van der Waals surface area contributed by atoms with Crippen LogP contribution in [0.3, 0.4) is 0 Å². The molecule has 2 heterocycles. The third-order valence-corrected chi connectivity index (χ3v) is 9.31. The van der Waals surface area contributed by atoms with E-state index in [2.05, 4.69) is 30.1 Å². The minimum atomic E-state index is -0.502. The molecule has 5 atom stereocenters. The van der Waals surface area contributed by atoms with Gasteiger partial charge in [-0.1, -0.05) is 24.3 Å². The molecule has 2 aliphatic carbocycles. The molecule has 0 amide bonds.